The van der Waals surface area contributed by atoms with Gasteiger partial charge in [0.05, 0.1) is 0 Å². The molecule has 8 heteroatoms. The number of fused-ring (bicyclic) bond motifs is 1. The summed E-state index contributed by atoms with van der Waals surface area (Å²) in [7, 11) is 0. The molecule has 1 aliphatic heterocycles. The number of H-pyrrole nitrogens is 1. The van der Waals surface area contributed by atoms with E-state index in [9.17, 15) is 18.8 Å². The Hall–Kier alpha value is -3.00. The van der Waals surface area contributed by atoms with Crippen LogP contribution in [0.1, 0.15) is 103 Å². The molecule has 1 aromatic carbocycles. The van der Waals surface area contributed by atoms with Crippen LogP contribution in [0.5, 0.6) is 0 Å². The second-order valence-electron chi connectivity index (χ2n) is 12.1. The lowest BCUT2D eigenvalue weighted by Crippen LogP contribution is -2.46. The molecule has 1 unspecified atom stereocenters. The molecule has 2 amide bonds. The molecule has 2 heterocycles. The zero-order chi connectivity index (χ0) is 28.2. The Morgan fingerprint density at radius 1 is 1.13 bits per heavy atom. The summed E-state index contributed by atoms with van der Waals surface area (Å²) < 4.78 is 13.4. The van der Waals surface area contributed by atoms with Crippen LogP contribution < -0.4 is 10.6 Å². The Morgan fingerprint density at radius 2 is 1.79 bits per heavy atom. The van der Waals surface area contributed by atoms with Gasteiger partial charge in [-0.1, -0.05) is 57.9 Å². The van der Waals surface area contributed by atoms with E-state index in [0.717, 1.165) is 43.7 Å². The number of carbonyl (C=O) groups is 3. The van der Waals surface area contributed by atoms with E-state index in [1.165, 1.54) is 5.56 Å². The molecule has 3 N–H and O–H groups in total. The van der Waals surface area contributed by atoms with Crippen molar-refractivity contribution in [3.05, 3.63) is 57.9 Å². The molecule has 0 saturated carbocycles. The third-order valence-corrected chi connectivity index (χ3v) is 8.01. The van der Waals surface area contributed by atoms with Crippen molar-refractivity contribution >= 4 is 17.6 Å². The molecule has 0 spiro atoms. The number of unbranched alkanes of at least 4 members (excludes halogenated alkanes) is 1. The number of aromatic nitrogens is 1. The molecule has 4 rings (SSSR count). The average molecular weight is 539 g/mol. The fraction of sp³-hybridized carbons (Fsp3) is 0.581. The Balaban J connectivity index is 1.35. The number of hydrogen-bond acceptors (Lipinski definition) is 4. The van der Waals surface area contributed by atoms with Crippen molar-refractivity contribution < 1.29 is 18.8 Å². The van der Waals surface area contributed by atoms with Gasteiger partial charge in [0.1, 0.15) is 17.9 Å². The molecule has 1 atom stereocenters. The zero-order valence-electron chi connectivity index (χ0n) is 23.8. The molecular weight excluding hydrogens is 495 g/mol. The number of piperidine rings is 1. The van der Waals surface area contributed by atoms with Crippen LogP contribution in [0.4, 0.5) is 4.39 Å². The third-order valence-electron chi connectivity index (χ3n) is 8.01. The second kappa shape index (κ2) is 12.5. The van der Waals surface area contributed by atoms with Gasteiger partial charge in [0.15, 0.2) is 5.78 Å². The van der Waals surface area contributed by atoms with Gasteiger partial charge in [-0.05, 0) is 54.7 Å². The van der Waals surface area contributed by atoms with Crippen molar-refractivity contribution in [3.63, 3.8) is 0 Å². The van der Waals surface area contributed by atoms with Crippen LogP contribution in [0.25, 0.3) is 0 Å². The molecular formula is C31H43FN4O3. The van der Waals surface area contributed by atoms with Crippen LogP contribution in [0.3, 0.4) is 0 Å². The van der Waals surface area contributed by atoms with E-state index in [0.29, 0.717) is 55.5 Å². The maximum atomic E-state index is 13.4. The molecule has 1 fully saturated rings. The first kappa shape index (κ1) is 29.0. The maximum Gasteiger partial charge on any atom is 0.268 e. The number of Topliss-reactive ketones (excluding diaryl/α,β-unsaturated/α-hetero) is 1. The van der Waals surface area contributed by atoms with Gasteiger partial charge in [-0.15, -0.1) is 0 Å². The smallest absolute Gasteiger partial charge is 0.268 e. The Kier molecular flexibility index (Phi) is 9.26. The number of halogens is 1. The van der Waals surface area contributed by atoms with Gasteiger partial charge in [-0.3, -0.25) is 19.3 Å². The number of alkyl halides is 1. The van der Waals surface area contributed by atoms with Crippen LogP contribution in [-0.2, 0) is 24.3 Å². The summed E-state index contributed by atoms with van der Waals surface area (Å²) in [5.74, 6) is -0.518. The Bertz CT molecular complexity index is 1180. The summed E-state index contributed by atoms with van der Waals surface area (Å²) >= 11 is 0. The van der Waals surface area contributed by atoms with Gasteiger partial charge < -0.3 is 15.6 Å². The fourth-order valence-corrected chi connectivity index (χ4v) is 5.76. The number of likely N-dealkylation sites (tertiary alicyclic amines) is 1. The summed E-state index contributed by atoms with van der Waals surface area (Å²) in [6.45, 7) is 10.7. The SMILES string of the molecule is CCCCC(NC(=O)c1[nH]c2c(c1C)C(=O)CC(C)(C)C2)C(=O)NCc1ccc(CN2CCC(F)CC2)cc1. The molecule has 0 radical (unpaired) electrons. The molecule has 1 aliphatic carbocycles. The topological polar surface area (TPSA) is 94.3 Å². The lowest BCUT2D eigenvalue weighted by atomic mass is 9.75. The number of ketones is 1. The largest absolute Gasteiger partial charge is 0.354 e. The quantitative estimate of drug-likeness (QED) is 0.396. The van der Waals surface area contributed by atoms with Gasteiger partial charge in [-0.25, -0.2) is 4.39 Å². The van der Waals surface area contributed by atoms with E-state index in [-0.39, 0.29) is 23.0 Å². The molecule has 2 aliphatic rings. The number of nitrogens with zero attached hydrogens (tertiary/aromatic N) is 1. The summed E-state index contributed by atoms with van der Waals surface area (Å²) in [6.07, 6.45) is 3.93. The van der Waals surface area contributed by atoms with E-state index >= 15 is 0 Å². The highest BCUT2D eigenvalue weighted by atomic mass is 19.1. The molecule has 1 saturated heterocycles. The average Bonchev–Trinajstić information content (AvgIpc) is 3.22. The predicted molar refractivity (Wildman–Crippen MR) is 150 cm³/mol. The number of rotatable bonds is 10. The normalized spacial score (nSPS) is 18.4. The molecule has 212 valence electrons. The van der Waals surface area contributed by atoms with Crippen LogP contribution in [0.15, 0.2) is 24.3 Å². The zero-order valence-corrected chi connectivity index (χ0v) is 23.8. The second-order valence-corrected chi connectivity index (χ2v) is 12.1. The Morgan fingerprint density at radius 3 is 2.46 bits per heavy atom. The molecule has 2 aromatic rings. The van der Waals surface area contributed by atoms with Crippen LogP contribution in [0, 0.1) is 12.3 Å². The minimum atomic E-state index is -0.674. The number of benzene rings is 1. The fourth-order valence-electron chi connectivity index (χ4n) is 5.76. The summed E-state index contributed by atoms with van der Waals surface area (Å²) in [6, 6.07) is 7.45. The number of carbonyl (C=O) groups excluding carboxylic acids is 3. The maximum absolute atomic E-state index is 13.4. The van der Waals surface area contributed by atoms with Gasteiger partial charge in [-0.2, -0.15) is 0 Å². The van der Waals surface area contributed by atoms with Crippen LogP contribution in [0.2, 0.25) is 0 Å². The van der Waals surface area contributed by atoms with E-state index in [4.69, 9.17) is 0 Å². The molecule has 7 nitrogen and oxygen atoms in total. The van der Waals surface area contributed by atoms with Crippen molar-refractivity contribution in [1.82, 2.24) is 20.5 Å². The monoisotopic (exact) mass is 538 g/mol. The number of nitrogens with one attached hydrogen (secondary N) is 3. The highest BCUT2D eigenvalue weighted by molar-refractivity contribution is 6.05. The lowest BCUT2D eigenvalue weighted by Gasteiger charge is -2.28. The highest BCUT2D eigenvalue weighted by Crippen LogP contribution is 2.36. The van der Waals surface area contributed by atoms with Crippen molar-refractivity contribution in [2.75, 3.05) is 13.1 Å². The van der Waals surface area contributed by atoms with Crippen molar-refractivity contribution in [2.24, 2.45) is 5.41 Å². The summed E-state index contributed by atoms with van der Waals surface area (Å²) in [5, 5.41) is 5.90. The first-order valence-corrected chi connectivity index (χ1v) is 14.3. The lowest BCUT2D eigenvalue weighted by molar-refractivity contribution is -0.123. The number of hydrogen-bond donors (Lipinski definition) is 3. The summed E-state index contributed by atoms with van der Waals surface area (Å²) in [4.78, 5) is 44.6. The van der Waals surface area contributed by atoms with Crippen molar-refractivity contribution in [3.8, 4) is 0 Å². The van der Waals surface area contributed by atoms with E-state index < -0.39 is 12.2 Å². The number of aromatic amines is 1. The van der Waals surface area contributed by atoms with E-state index in [1.54, 1.807) is 6.92 Å². The first-order chi connectivity index (χ1) is 18.6. The standard InChI is InChI=1S/C31H43FN4O3/c1-5-6-7-24(35-30(39)28-20(2)27-25(34-28)16-31(3,4)17-26(27)37)29(38)33-18-21-8-10-22(11-9-21)19-36-14-12-23(32)13-15-36/h8-11,23-24,34H,5-7,12-19H2,1-4H3,(H,33,38)(H,35,39). The summed E-state index contributed by atoms with van der Waals surface area (Å²) in [5.41, 5.74) is 4.46. The minimum Gasteiger partial charge on any atom is -0.354 e. The molecule has 0 bridgehead atoms. The third kappa shape index (κ3) is 7.35. The van der Waals surface area contributed by atoms with Gasteiger partial charge >= 0.3 is 0 Å². The predicted octanol–water partition coefficient (Wildman–Crippen LogP) is 5.02. The first-order valence-electron chi connectivity index (χ1n) is 14.3. The van der Waals surface area contributed by atoms with E-state index in [2.05, 4.69) is 53.4 Å². The molecule has 1 aromatic heterocycles. The Labute approximate surface area is 231 Å². The van der Waals surface area contributed by atoms with Crippen molar-refractivity contribution in [1.29, 1.82) is 0 Å². The van der Waals surface area contributed by atoms with Gasteiger partial charge in [0, 0.05) is 43.9 Å². The highest BCUT2D eigenvalue weighted by Gasteiger charge is 2.35. The molecule has 39 heavy (non-hydrogen) atoms. The number of amides is 2. The van der Waals surface area contributed by atoms with Gasteiger partial charge in [0.25, 0.3) is 5.91 Å². The minimum absolute atomic E-state index is 0.0599. The van der Waals surface area contributed by atoms with Crippen LogP contribution >= 0.6 is 0 Å². The van der Waals surface area contributed by atoms with E-state index in [1.807, 2.05) is 12.1 Å². The van der Waals surface area contributed by atoms with Crippen molar-refractivity contribution in [2.45, 2.75) is 97.9 Å². The van der Waals surface area contributed by atoms with Gasteiger partial charge in [0.2, 0.25) is 5.91 Å². The van der Waals surface area contributed by atoms with Crippen LogP contribution in [-0.4, -0.2) is 52.8 Å².